The van der Waals surface area contributed by atoms with Crippen LogP contribution in [-0.4, -0.2) is 69.8 Å². The first-order valence-corrected chi connectivity index (χ1v) is 8.26. The Hall–Kier alpha value is -3.48. The molecule has 0 fully saturated rings. The number of aromatic amines is 1. The molecule has 1 aromatic rings. The van der Waals surface area contributed by atoms with Crippen LogP contribution in [-0.2, 0) is 30.4 Å². The molecule has 0 aliphatic rings. The number of nitrogens with one attached hydrogen (secondary N) is 4. The monoisotopic (exact) mass is 397 g/mol. The van der Waals surface area contributed by atoms with Crippen LogP contribution in [0.3, 0.4) is 0 Å². The molecule has 2 unspecified atom stereocenters. The van der Waals surface area contributed by atoms with E-state index in [9.17, 15) is 24.0 Å². The van der Waals surface area contributed by atoms with Crippen LogP contribution in [0.4, 0.5) is 0 Å². The van der Waals surface area contributed by atoms with E-state index in [2.05, 4.69) is 25.9 Å². The fourth-order valence-electron chi connectivity index (χ4n) is 2.09. The Morgan fingerprint density at radius 1 is 1.14 bits per heavy atom. The minimum atomic E-state index is -1.24. The molecule has 9 N–H and O–H groups in total. The maximum Gasteiger partial charge on any atom is 0.322 e. The van der Waals surface area contributed by atoms with E-state index in [1.807, 2.05) is 0 Å². The highest BCUT2D eigenvalue weighted by atomic mass is 16.4. The predicted octanol–water partition coefficient (Wildman–Crippen LogP) is -3.65. The van der Waals surface area contributed by atoms with Gasteiger partial charge in [-0.3, -0.25) is 24.0 Å². The van der Waals surface area contributed by atoms with Crippen molar-refractivity contribution in [3.05, 3.63) is 18.2 Å². The zero-order valence-corrected chi connectivity index (χ0v) is 14.9. The second-order valence-corrected chi connectivity index (χ2v) is 5.84. The molecular formula is C15H23N7O6. The summed E-state index contributed by atoms with van der Waals surface area (Å²) in [5, 5.41) is 15.2. The van der Waals surface area contributed by atoms with E-state index in [0.29, 0.717) is 5.69 Å². The largest absolute Gasteiger partial charge is 0.480 e. The highest BCUT2D eigenvalue weighted by Gasteiger charge is 2.25. The van der Waals surface area contributed by atoms with Gasteiger partial charge in [-0.1, -0.05) is 0 Å². The van der Waals surface area contributed by atoms with Gasteiger partial charge in [-0.15, -0.1) is 0 Å². The van der Waals surface area contributed by atoms with Crippen molar-refractivity contribution in [1.29, 1.82) is 0 Å². The van der Waals surface area contributed by atoms with E-state index in [0.717, 1.165) is 0 Å². The lowest BCUT2D eigenvalue weighted by molar-refractivity contribution is -0.138. The number of nitrogens with two attached hydrogens (primary N) is 2. The normalized spacial score (nSPS) is 12.5. The van der Waals surface area contributed by atoms with Crippen LogP contribution in [0.15, 0.2) is 12.5 Å². The van der Waals surface area contributed by atoms with E-state index in [4.69, 9.17) is 16.6 Å². The highest BCUT2D eigenvalue weighted by molar-refractivity contribution is 5.92. The Bertz CT molecular complexity index is 706. The van der Waals surface area contributed by atoms with Gasteiger partial charge in [0.05, 0.1) is 18.9 Å². The second-order valence-electron chi connectivity index (χ2n) is 5.84. The molecule has 0 aliphatic heterocycles. The van der Waals surface area contributed by atoms with E-state index in [1.54, 1.807) is 0 Å². The van der Waals surface area contributed by atoms with Gasteiger partial charge < -0.3 is 37.5 Å². The maximum absolute atomic E-state index is 12.2. The van der Waals surface area contributed by atoms with Gasteiger partial charge in [0.25, 0.3) is 0 Å². The van der Waals surface area contributed by atoms with Crippen molar-refractivity contribution >= 4 is 29.6 Å². The van der Waals surface area contributed by atoms with E-state index >= 15 is 0 Å². The van der Waals surface area contributed by atoms with Gasteiger partial charge in [-0.2, -0.15) is 0 Å². The summed E-state index contributed by atoms with van der Waals surface area (Å²) in [6.45, 7) is -1.10. The van der Waals surface area contributed by atoms with E-state index in [-0.39, 0.29) is 19.3 Å². The lowest BCUT2D eigenvalue weighted by Crippen LogP contribution is -2.53. The van der Waals surface area contributed by atoms with Gasteiger partial charge in [0.1, 0.15) is 12.6 Å². The number of aromatic nitrogens is 2. The number of carbonyl (C=O) groups is 5. The minimum absolute atomic E-state index is 0.0968. The Kier molecular flexibility index (Phi) is 9.09. The third kappa shape index (κ3) is 8.75. The molecule has 0 saturated carbocycles. The average molecular weight is 397 g/mol. The fraction of sp³-hybridized carbons (Fsp3) is 0.467. The van der Waals surface area contributed by atoms with Gasteiger partial charge in [0.2, 0.25) is 23.6 Å². The molecular weight excluding hydrogens is 374 g/mol. The highest BCUT2D eigenvalue weighted by Crippen LogP contribution is 2.01. The van der Waals surface area contributed by atoms with Crippen LogP contribution in [0.2, 0.25) is 0 Å². The number of amides is 4. The summed E-state index contributed by atoms with van der Waals surface area (Å²) in [4.78, 5) is 63.9. The number of primary amides is 1. The average Bonchev–Trinajstić information content (AvgIpc) is 3.13. The van der Waals surface area contributed by atoms with Crippen molar-refractivity contribution < 1.29 is 29.1 Å². The number of carbonyl (C=O) groups excluding carboxylic acids is 4. The molecule has 13 nitrogen and oxygen atoms in total. The summed E-state index contributed by atoms with van der Waals surface area (Å²) in [5.74, 6) is -4.03. The Labute approximate surface area is 159 Å². The number of hydrogen-bond donors (Lipinski definition) is 7. The Balaban J connectivity index is 2.60. The summed E-state index contributed by atoms with van der Waals surface area (Å²) in [5.41, 5.74) is 11.5. The lowest BCUT2D eigenvalue weighted by atomic mass is 10.1. The molecule has 0 spiro atoms. The zero-order chi connectivity index (χ0) is 21.1. The molecule has 2 atom stereocenters. The molecule has 0 aliphatic carbocycles. The number of carboxylic acids is 1. The van der Waals surface area contributed by atoms with Gasteiger partial charge in [0.15, 0.2) is 0 Å². The fourth-order valence-corrected chi connectivity index (χ4v) is 2.09. The number of nitrogens with zero attached hydrogens (tertiary/aromatic N) is 1. The van der Waals surface area contributed by atoms with Gasteiger partial charge in [-0.05, 0) is 6.42 Å². The number of rotatable bonds is 12. The standard InChI is InChI=1S/C15H23N7O6/c16-9(3-8-4-18-7-21-8)14(27)22-10(1-2-11(17)23)15(28)20-5-12(24)19-6-13(25)26/h4,7,9-10H,1-3,5-6,16H2,(H2,17,23)(H,18,21)(H,19,24)(H,20,28)(H,22,27)(H,25,26). The first kappa shape index (κ1) is 22.6. The third-order valence-corrected chi connectivity index (χ3v) is 3.50. The molecule has 0 aromatic carbocycles. The quantitative estimate of drug-likeness (QED) is 0.186. The van der Waals surface area contributed by atoms with Crippen molar-refractivity contribution in [2.24, 2.45) is 11.5 Å². The van der Waals surface area contributed by atoms with Crippen molar-refractivity contribution in [2.45, 2.75) is 31.3 Å². The number of hydrogen-bond acceptors (Lipinski definition) is 7. The zero-order valence-electron chi connectivity index (χ0n) is 14.9. The summed E-state index contributed by atoms with van der Waals surface area (Å²) >= 11 is 0. The number of aliphatic carboxylic acids is 1. The molecule has 0 radical (unpaired) electrons. The van der Waals surface area contributed by atoms with Gasteiger partial charge in [0, 0.05) is 24.7 Å². The van der Waals surface area contributed by atoms with Crippen LogP contribution >= 0.6 is 0 Å². The van der Waals surface area contributed by atoms with E-state index in [1.165, 1.54) is 12.5 Å². The first-order chi connectivity index (χ1) is 13.2. The smallest absolute Gasteiger partial charge is 0.322 e. The molecule has 0 saturated heterocycles. The van der Waals surface area contributed by atoms with E-state index < -0.39 is 54.8 Å². The molecule has 0 bridgehead atoms. The lowest BCUT2D eigenvalue weighted by Gasteiger charge is -2.20. The second kappa shape index (κ2) is 11.3. The minimum Gasteiger partial charge on any atom is -0.480 e. The van der Waals surface area contributed by atoms with Crippen molar-refractivity contribution in [3.63, 3.8) is 0 Å². The van der Waals surface area contributed by atoms with Crippen LogP contribution in [0, 0.1) is 0 Å². The van der Waals surface area contributed by atoms with Crippen molar-refractivity contribution in [2.75, 3.05) is 13.1 Å². The summed E-state index contributed by atoms with van der Waals surface area (Å²) < 4.78 is 0. The predicted molar refractivity (Wildman–Crippen MR) is 94.3 cm³/mol. The number of H-pyrrole nitrogens is 1. The van der Waals surface area contributed by atoms with Gasteiger partial charge >= 0.3 is 5.97 Å². The molecule has 154 valence electrons. The summed E-state index contributed by atoms with van der Waals surface area (Å²) in [6.07, 6.45) is 2.80. The van der Waals surface area contributed by atoms with Crippen LogP contribution in [0.5, 0.6) is 0 Å². The van der Waals surface area contributed by atoms with Crippen LogP contribution in [0.1, 0.15) is 18.5 Å². The molecule has 4 amide bonds. The number of carboxylic acid groups (broad SMARTS) is 1. The molecule has 1 rings (SSSR count). The number of imidazole rings is 1. The Morgan fingerprint density at radius 2 is 1.86 bits per heavy atom. The summed E-state index contributed by atoms with van der Waals surface area (Å²) in [6, 6.07) is -2.14. The third-order valence-electron chi connectivity index (χ3n) is 3.50. The van der Waals surface area contributed by atoms with Crippen LogP contribution < -0.4 is 27.4 Å². The first-order valence-electron chi connectivity index (χ1n) is 8.26. The summed E-state index contributed by atoms with van der Waals surface area (Å²) in [7, 11) is 0. The van der Waals surface area contributed by atoms with Crippen LogP contribution in [0.25, 0.3) is 0 Å². The molecule has 28 heavy (non-hydrogen) atoms. The molecule has 1 aromatic heterocycles. The molecule has 13 heteroatoms. The SMILES string of the molecule is NC(=O)CCC(NC(=O)C(N)Cc1cnc[nH]1)C(=O)NCC(=O)NCC(=O)O. The van der Waals surface area contributed by atoms with Gasteiger partial charge in [-0.25, -0.2) is 4.98 Å². The maximum atomic E-state index is 12.2. The topological polar surface area (TPSA) is 222 Å². The van der Waals surface area contributed by atoms with Crippen molar-refractivity contribution in [1.82, 2.24) is 25.9 Å². The van der Waals surface area contributed by atoms with Crippen molar-refractivity contribution in [3.8, 4) is 0 Å². The molecule has 1 heterocycles. The Morgan fingerprint density at radius 3 is 2.43 bits per heavy atom.